The van der Waals surface area contributed by atoms with Crippen LogP contribution in [0, 0.1) is 0 Å². The third kappa shape index (κ3) is 4.59. The molecule has 0 radical (unpaired) electrons. The van der Waals surface area contributed by atoms with Gasteiger partial charge in [0.15, 0.2) is 0 Å². The summed E-state index contributed by atoms with van der Waals surface area (Å²) in [6.45, 7) is 10.9. The maximum Gasteiger partial charge on any atom is 0.119 e. The molecular formula is C21H28N2O. The lowest BCUT2D eigenvalue weighted by Gasteiger charge is -2.39. The van der Waals surface area contributed by atoms with Gasteiger partial charge in [-0.2, -0.15) is 0 Å². The zero-order chi connectivity index (χ0) is 16.8. The smallest absolute Gasteiger partial charge is 0.119 e. The molecule has 2 aromatic carbocycles. The molecule has 0 bridgehead atoms. The van der Waals surface area contributed by atoms with Gasteiger partial charge in [-0.25, -0.2) is 0 Å². The van der Waals surface area contributed by atoms with Gasteiger partial charge in [0, 0.05) is 32.2 Å². The molecule has 0 N–H and O–H groups in total. The largest absolute Gasteiger partial charge is 0.489 e. The van der Waals surface area contributed by atoms with Crippen LogP contribution in [-0.4, -0.2) is 42.0 Å². The zero-order valence-electron chi connectivity index (χ0n) is 14.8. The Morgan fingerprint density at radius 2 is 1.67 bits per heavy atom. The summed E-state index contributed by atoms with van der Waals surface area (Å²) in [5.74, 6) is 0.921. The van der Waals surface area contributed by atoms with Gasteiger partial charge < -0.3 is 9.64 Å². The molecule has 24 heavy (non-hydrogen) atoms. The zero-order valence-corrected chi connectivity index (χ0v) is 14.8. The minimum Gasteiger partial charge on any atom is -0.489 e. The summed E-state index contributed by atoms with van der Waals surface area (Å²) < 4.78 is 5.81. The van der Waals surface area contributed by atoms with E-state index in [9.17, 15) is 0 Å². The predicted octanol–water partition coefficient (Wildman–Crippen LogP) is 3.79. The molecule has 1 unspecified atom stereocenters. The normalized spacial score (nSPS) is 19.3. The molecule has 1 fully saturated rings. The Kier molecular flexibility index (Phi) is 5.89. The summed E-state index contributed by atoms with van der Waals surface area (Å²) in [5.41, 5.74) is 2.60. The van der Waals surface area contributed by atoms with Gasteiger partial charge in [0.25, 0.3) is 0 Å². The first kappa shape index (κ1) is 17.0. The van der Waals surface area contributed by atoms with Crippen molar-refractivity contribution in [3.63, 3.8) is 0 Å². The van der Waals surface area contributed by atoms with Crippen molar-refractivity contribution in [1.29, 1.82) is 0 Å². The van der Waals surface area contributed by atoms with E-state index in [0.29, 0.717) is 12.6 Å². The van der Waals surface area contributed by atoms with E-state index in [1.807, 2.05) is 30.3 Å². The van der Waals surface area contributed by atoms with Crippen molar-refractivity contribution in [2.45, 2.75) is 33.0 Å². The van der Waals surface area contributed by atoms with E-state index >= 15 is 0 Å². The molecule has 3 heteroatoms. The maximum atomic E-state index is 5.81. The fraction of sp³-hybridized carbons (Fsp3) is 0.429. The molecule has 128 valence electrons. The number of benzene rings is 2. The standard InChI is InChI=1S/C21H28N2O/c1-3-22-13-14-23(18(2)15-22)16-19-9-11-20(12-10-19)17-24-21-7-5-4-6-8-21/h4-12,18H,3,13-17H2,1-2H3. The summed E-state index contributed by atoms with van der Waals surface area (Å²) in [4.78, 5) is 5.12. The minimum absolute atomic E-state index is 0.621. The molecule has 3 nitrogen and oxygen atoms in total. The van der Waals surface area contributed by atoms with Crippen molar-refractivity contribution in [2.75, 3.05) is 26.2 Å². The molecule has 0 spiro atoms. The molecule has 1 saturated heterocycles. The maximum absolute atomic E-state index is 5.81. The van der Waals surface area contributed by atoms with Crippen molar-refractivity contribution in [3.8, 4) is 5.75 Å². The van der Waals surface area contributed by atoms with Gasteiger partial charge in [0.2, 0.25) is 0 Å². The molecule has 0 aromatic heterocycles. The molecule has 1 atom stereocenters. The lowest BCUT2D eigenvalue weighted by atomic mass is 10.1. The highest BCUT2D eigenvalue weighted by Gasteiger charge is 2.22. The van der Waals surface area contributed by atoms with Crippen LogP contribution in [-0.2, 0) is 13.2 Å². The Balaban J connectivity index is 1.51. The first-order valence-electron chi connectivity index (χ1n) is 8.96. The van der Waals surface area contributed by atoms with Crippen LogP contribution in [0.15, 0.2) is 54.6 Å². The number of ether oxygens (including phenoxy) is 1. The summed E-state index contributed by atoms with van der Waals surface area (Å²) in [6, 6.07) is 19.5. The quantitative estimate of drug-likeness (QED) is 0.804. The van der Waals surface area contributed by atoms with Gasteiger partial charge in [-0.3, -0.25) is 4.90 Å². The van der Waals surface area contributed by atoms with Crippen LogP contribution in [0.2, 0.25) is 0 Å². The third-order valence-corrected chi connectivity index (χ3v) is 4.85. The summed E-state index contributed by atoms with van der Waals surface area (Å²) in [7, 11) is 0. The fourth-order valence-corrected chi connectivity index (χ4v) is 3.25. The summed E-state index contributed by atoms with van der Waals surface area (Å²) in [6.07, 6.45) is 0. The number of hydrogen-bond acceptors (Lipinski definition) is 3. The highest BCUT2D eigenvalue weighted by molar-refractivity contribution is 5.24. The number of piperazine rings is 1. The number of hydrogen-bond donors (Lipinski definition) is 0. The van der Waals surface area contributed by atoms with Gasteiger partial charge >= 0.3 is 0 Å². The van der Waals surface area contributed by atoms with Gasteiger partial charge in [0.05, 0.1) is 0 Å². The molecule has 3 rings (SSSR count). The first-order valence-corrected chi connectivity index (χ1v) is 8.96. The van der Waals surface area contributed by atoms with Crippen LogP contribution in [0.5, 0.6) is 5.75 Å². The second-order valence-electron chi connectivity index (χ2n) is 6.63. The summed E-state index contributed by atoms with van der Waals surface area (Å²) in [5, 5.41) is 0. The SMILES string of the molecule is CCN1CCN(Cc2ccc(COc3ccccc3)cc2)C(C)C1. The van der Waals surface area contributed by atoms with E-state index < -0.39 is 0 Å². The van der Waals surface area contributed by atoms with Crippen LogP contribution in [0.25, 0.3) is 0 Å². The van der Waals surface area contributed by atoms with Crippen LogP contribution >= 0.6 is 0 Å². The first-order chi connectivity index (χ1) is 11.7. The predicted molar refractivity (Wildman–Crippen MR) is 99.2 cm³/mol. The molecule has 0 aliphatic carbocycles. The minimum atomic E-state index is 0.621. The van der Waals surface area contributed by atoms with Crippen LogP contribution in [0.4, 0.5) is 0 Å². The van der Waals surface area contributed by atoms with Crippen LogP contribution in [0.3, 0.4) is 0 Å². The van der Waals surface area contributed by atoms with E-state index in [-0.39, 0.29) is 0 Å². The average molecular weight is 324 g/mol. The Labute approximate surface area is 145 Å². The number of rotatable bonds is 6. The van der Waals surface area contributed by atoms with Crippen molar-refractivity contribution in [3.05, 3.63) is 65.7 Å². The molecule has 2 aromatic rings. The van der Waals surface area contributed by atoms with Crippen molar-refractivity contribution >= 4 is 0 Å². The second-order valence-corrected chi connectivity index (χ2v) is 6.63. The van der Waals surface area contributed by atoms with E-state index in [0.717, 1.165) is 25.4 Å². The lowest BCUT2D eigenvalue weighted by Crippen LogP contribution is -2.51. The molecule has 0 amide bonds. The summed E-state index contributed by atoms with van der Waals surface area (Å²) >= 11 is 0. The second kappa shape index (κ2) is 8.32. The monoisotopic (exact) mass is 324 g/mol. The Morgan fingerprint density at radius 3 is 2.33 bits per heavy atom. The Bertz CT molecular complexity index is 611. The van der Waals surface area contributed by atoms with Gasteiger partial charge in [-0.1, -0.05) is 49.4 Å². The third-order valence-electron chi connectivity index (χ3n) is 4.85. The Morgan fingerprint density at radius 1 is 0.958 bits per heavy atom. The molecule has 1 aliphatic heterocycles. The van der Waals surface area contributed by atoms with Crippen LogP contribution < -0.4 is 4.74 Å². The van der Waals surface area contributed by atoms with Gasteiger partial charge in [-0.05, 0) is 36.7 Å². The Hall–Kier alpha value is -1.84. The van der Waals surface area contributed by atoms with Crippen molar-refractivity contribution in [2.24, 2.45) is 0 Å². The molecule has 1 heterocycles. The van der Waals surface area contributed by atoms with E-state index in [1.165, 1.54) is 24.2 Å². The highest BCUT2D eigenvalue weighted by atomic mass is 16.5. The van der Waals surface area contributed by atoms with Gasteiger partial charge in [0.1, 0.15) is 12.4 Å². The average Bonchev–Trinajstić information content (AvgIpc) is 2.63. The number of nitrogens with zero attached hydrogens (tertiary/aromatic N) is 2. The van der Waals surface area contributed by atoms with Gasteiger partial charge in [-0.15, -0.1) is 0 Å². The molecule has 1 aliphatic rings. The van der Waals surface area contributed by atoms with Crippen LogP contribution in [0.1, 0.15) is 25.0 Å². The highest BCUT2D eigenvalue weighted by Crippen LogP contribution is 2.16. The van der Waals surface area contributed by atoms with Crippen molar-refractivity contribution < 1.29 is 4.74 Å². The van der Waals surface area contributed by atoms with E-state index in [2.05, 4.69) is 47.9 Å². The lowest BCUT2D eigenvalue weighted by molar-refractivity contribution is 0.0812. The number of para-hydroxylation sites is 1. The van der Waals surface area contributed by atoms with E-state index in [1.54, 1.807) is 0 Å². The number of likely N-dealkylation sites (N-methyl/N-ethyl adjacent to an activating group) is 1. The molecular weight excluding hydrogens is 296 g/mol. The van der Waals surface area contributed by atoms with E-state index in [4.69, 9.17) is 4.74 Å². The fourth-order valence-electron chi connectivity index (χ4n) is 3.25. The topological polar surface area (TPSA) is 15.7 Å². The van der Waals surface area contributed by atoms with Crippen molar-refractivity contribution in [1.82, 2.24) is 9.80 Å². The molecule has 0 saturated carbocycles.